The largest absolute Gasteiger partial charge is 0.482 e. The predicted octanol–water partition coefficient (Wildman–Crippen LogP) is 6.79. The minimum Gasteiger partial charge on any atom is -0.482 e. The summed E-state index contributed by atoms with van der Waals surface area (Å²) in [6, 6.07) is 8.41. The van der Waals surface area contributed by atoms with Gasteiger partial charge in [0.05, 0.1) is 10.5 Å². The molecule has 0 saturated carbocycles. The zero-order valence-electron chi connectivity index (χ0n) is 20.6. The van der Waals surface area contributed by atoms with Crippen molar-refractivity contribution >= 4 is 31.9 Å². The fourth-order valence-corrected chi connectivity index (χ4v) is 5.34. The molecule has 0 amide bonds. The zero-order valence-corrected chi connectivity index (χ0v) is 23.0. The van der Waals surface area contributed by atoms with Gasteiger partial charge in [0.1, 0.15) is 11.4 Å². The maximum Gasteiger partial charge on any atom is 0.416 e. The number of esters is 1. The predicted molar refractivity (Wildman–Crippen MR) is 134 cm³/mol. The first-order valence-electron chi connectivity index (χ1n) is 11.5. The summed E-state index contributed by atoms with van der Waals surface area (Å²) in [5.41, 5.74) is -1.18. The van der Waals surface area contributed by atoms with Crippen molar-refractivity contribution in [3.63, 3.8) is 0 Å². The number of unbranched alkanes of at least 4 members (excludes halogenated alkanes) is 2. The second kappa shape index (κ2) is 12.4. The number of alkyl halides is 3. The summed E-state index contributed by atoms with van der Waals surface area (Å²) in [6.45, 7) is 6.89. The van der Waals surface area contributed by atoms with Crippen molar-refractivity contribution in [2.24, 2.45) is 0 Å². The Labute approximate surface area is 218 Å². The Morgan fingerprint density at radius 2 is 1.78 bits per heavy atom. The molecule has 0 aliphatic rings. The summed E-state index contributed by atoms with van der Waals surface area (Å²) in [5, 5.41) is 0. The highest BCUT2D eigenvalue weighted by Crippen LogP contribution is 2.34. The van der Waals surface area contributed by atoms with Crippen LogP contribution in [0.3, 0.4) is 0 Å². The highest BCUT2D eigenvalue weighted by Gasteiger charge is 2.33. The zero-order chi connectivity index (χ0) is 27.1. The van der Waals surface area contributed by atoms with Crippen LogP contribution in [0.15, 0.2) is 51.8 Å². The summed E-state index contributed by atoms with van der Waals surface area (Å²) in [7, 11) is -4.30. The quantitative estimate of drug-likeness (QED) is 0.229. The molecule has 0 fully saturated rings. The smallest absolute Gasteiger partial charge is 0.416 e. The Bertz CT molecular complexity index is 1150. The van der Waals surface area contributed by atoms with E-state index in [0.717, 1.165) is 25.0 Å². The molecule has 1 N–H and O–H groups in total. The Balaban J connectivity index is 2.30. The van der Waals surface area contributed by atoms with Crippen LogP contribution in [0.4, 0.5) is 13.2 Å². The molecule has 2 aromatic carbocycles. The van der Waals surface area contributed by atoms with E-state index in [9.17, 15) is 26.4 Å². The molecule has 0 aromatic heterocycles. The average molecular weight is 594 g/mol. The van der Waals surface area contributed by atoms with Gasteiger partial charge >= 0.3 is 12.1 Å². The molecule has 0 bridgehead atoms. The van der Waals surface area contributed by atoms with E-state index in [1.165, 1.54) is 0 Å². The molecule has 200 valence electrons. The maximum absolute atomic E-state index is 13.3. The van der Waals surface area contributed by atoms with Gasteiger partial charge in [-0.2, -0.15) is 13.2 Å². The van der Waals surface area contributed by atoms with E-state index in [-0.39, 0.29) is 11.1 Å². The normalized spacial score (nSPS) is 13.3. The van der Waals surface area contributed by atoms with E-state index in [4.69, 9.17) is 9.47 Å². The molecule has 0 aliphatic heterocycles. The van der Waals surface area contributed by atoms with Gasteiger partial charge in [-0.15, -0.1) is 0 Å². The summed E-state index contributed by atoms with van der Waals surface area (Å²) in [4.78, 5) is 11.5. The number of halogens is 4. The average Bonchev–Trinajstić information content (AvgIpc) is 2.75. The number of sulfonamides is 1. The van der Waals surface area contributed by atoms with Gasteiger partial charge in [0.25, 0.3) is 0 Å². The van der Waals surface area contributed by atoms with Crippen molar-refractivity contribution < 1.29 is 35.9 Å². The molecule has 2 aromatic rings. The molecule has 1 unspecified atom stereocenters. The summed E-state index contributed by atoms with van der Waals surface area (Å²) in [6.07, 6.45) is -1.84. The van der Waals surface area contributed by atoms with E-state index >= 15 is 0 Å². The monoisotopic (exact) mass is 593 g/mol. The third-order valence-electron chi connectivity index (χ3n) is 4.94. The number of hydrogen-bond donors (Lipinski definition) is 1. The molecule has 11 heteroatoms. The molecule has 0 spiro atoms. The van der Waals surface area contributed by atoms with Gasteiger partial charge in [0, 0.05) is 10.5 Å². The number of carbonyl (C=O) groups is 1. The molecule has 0 radical (unpaired) electrons. The fraction of sp³-hybridized carbons (Fsp3) is 0.480. The topological polar surface area (TPSA) is 81.7 Å². The molecule has 6 nitrogen and oxygen atoms in total. The Hall–Kier alpha value is -2.11. The van der Waals surface area contributed by atoms with Crippen molar-refractivity contribution in [2.75, 3.05) is 6.61 Å². The third kappa shape index (κ3) is 9.74. The second-order valence-electron chi connectivity index (χ2n) is 9.29. The van der Waals surface area contributed by atoms with Crippen molar-refractivity contribution in [3.05, 3.63) is 58.1 Å². The Kier molecular flexibility index (Phi) is 10.4. The SMILES string of the molecule is CCCCCC(NS(=O)(=O)c1cc(Br)cc(C(F)(F)F)c1)c1cccc(OCC(=O)OC(C)(C)C)c1. The first kappa shape index (κ1) is 30.1. The minimum atomic E-state index is -4.70. The van der Waals surface area contributed by atoms with Crippen LogP contribution < -0.4 is 9.46 Å². The standard InChI is InChI=1S/C25H31BrF3NO5S/c1-5-6-7-11-22(17-9-8-10-20(12-17)34-16-23(31)35-24(2,3)4)30-36(32,33)21-14-18(25(27,28)29)13-19(26)15-21/h8-10,12-15,22,30H,5-7,11,16H2,1-4H3. The lowest BCUT2D eigenvalue weighted by Gasteiger charge is -2.21. The first-order chi connectivity index (χ1) is 16.6. The molecular weight excluding hydrogens is 563 g/mol. The second-order valence-corrected chi connectivity index (χ2v) is 11.9. The van der Waals surface area contributed by atoms with Crippen LogP contribution in [0.25, 0.3) is 0 Å². The maximum atomic E-state index is 13.3. The van der Waals surface area contributed by atoms with Crippen LogP contribution in [-0.4, -0.2) is 26.6 Å². The van der Waals surface area contributed by atoms with Crippen LogP contribution in [0, 0.1) is 0 Å². The van der Waals surface area contributed by atoms with Gasteiger partial charge in [-0.3, -0.25) is 0 Å². The van der Waals surface area contributed by atoms with Crippen LogP contribution in [-0.2, 0) is 25.7 Å². The summed E-state index contributed by atoms with van der Waals surface area (Å²) >= 11 is 2.97. The Morgan fingerprint density at radius 1 is 1.08 bits per heavy atom. The van der Waals surface area contributed by atoms with Gasteiger partial charge in [-0.1, -0.05) is 54.2 Å². The van der Waals surface area contributed by atoms with E-state index in [1.54, 1.807) is 45.0 Å². The van der Waals surface area contributed by atoms with E-state index in [0.29, 0.717) is 30.2 Å². The summed E-state index contributed by atoms with van der Waals surface area (Å²) in [5.74, 6) is -0.219. The van der Waals surface area contributed by atoms with Gasteiger partial charge in [0.2, 0.25) is 10.0 Å². The molecule has 36 heavy (non-hydrogen) atoms. The number of rotatable bonds is 11. The number of carbonyl (C=O) groups excluding carboxylic acids is 1. The molecule has 2 rings (SSSR count). The van der Waals surface area contributed by atoms with Crippen molar-refractivity contribution in [1.29, 1.82) is 0 Å². The number of nitrogens with one attached hydrogen (secondary N) is 1. The van der Waals surface area contributed by atoms with E-state index < -0.39 is 44.3 Å². The molecule has 0 heterocycles. The molecule has 0 aliphatic carbocycles. The molecular formula is C25H31BrF3NO5S. The van der Waals surface area contributed by atoms with Crippen LogP contribution >= 0.6 is 15.9 Å². The van der Waals surface area contributed by atoms with Crippen LogP contribution in [0.1, 0.15) is 70.5 Å². The number of benzene rings is 2. The molecule has 0 saturated heterocycles. The fourth-order valence-electron chi connectivity index (χ4n) is 3.36. The van der Waals surface area contributed by atoms with Crippen molar-refractivity contribution in [2.45, 2.75) is 76.1 Å². The lowest BCUT2D eigenvalue weighted by molar-refractivity contribution is -0.157. The number of hydrogen-bond acceptors (Lipinski definition) is 5. The lowest BCUT2D eigenvalue weighted by Crippen LogP contribution is -2.29. The van der Waals surface area contributed by atoms with Gasteiger partial charge in [-0.25, -0.2) is 17.9 Å². The third-order valence-corrected chi connectivity index (χ3v) is 6.85. The van der Waals surface area contributed by atoms with Crippen LogP contribution in [0.5, 0.6) is 5.75 Å². The van der Waals surface area contributed by atoms with Gasteiger partial charge in [-0.05, 0) is 63.1 Å². The van der Waals surface area contributed by atoms with Crippen LogP contribution in [0.2, 0.25) is 0 Å². The Morgan fingerprint density at radius 3 is 2.39 bits per heavy atom. The van der Waals surface area contributed by atoms with Crippen molar-refractivity contribution in [1.82, 2.24) is 4.72 Å². The van der Waals surface area contributed by atoms with Crippen molar-refractivity contribution in [3.8, 4) is 5.75 Å². The molecule has 1 atom stereocenters. The lowest BCUT2D eigenvalue weighted by atomic mass is 10.0. The minimum absolute atomic E-state index is 0.00206. The van der Waals surface area contributed by atoms with Gasteiger partial charge in [0.15, 0.2) is 6.61 Å². The number of ether oxygens (including phenoxy) is 2. The summed E-state index contributed by atoms with van der Waals surface area (Å²) < 4.78 is 79.3. The van der Waals surface area contributed by atoms with E-state index in [1.807, 2.05) is 6.92 Å². The van der Waals surface area contributed by atoms with Gasteiger partial charge < -0.3 is 9.47 Å². The highest BCUT2D eigenvalue weighted by molar-refractivity contribution is 9.10. The van der Waals surface area contributed by atoms with E-state index in [2.05, 4.69) is 20.7 Å². The highest BCUT2D eigenvalue weighted by atomic mass is 79.9. The first-order valence-corrected chi connectivity index (χ1v) is 13.7.